The van der Waals surface area contributed by atoms with E-state index in [0.717, 1.165) is 12.1 Å². The van der Waals surface area contributed by atoms with Crippen molar-refractivity contribution in [3.8, 4) is 0 Å². The van der Waals surface area contributed by atoms with E-state index in [1.165, 1.54) is 57.1 Å². The first kappa shape index (κ1) is 13.7. The molecule has 2 unspecified atom stereocenters. The summed E-state index contributed by atoms with van der Waals surface area (Å²) in [5.74, 6) is 2.66. The summed E-state index contributed by atoms with van der Waals surface area (Å²) < 4.78 is 0. The van der Waals surface area contributed by atoms with E-state index in [9.17, 15) is 0 Å². The molecule has 17 heavy (non-hydrogen) atoms. The molecule has 0 radical (unpaired) electrons. The van der Waals surface area contributed by atoms with Crippen LogP contribution in [0.15, 0.2) is 0 Å². The largest absolute Gasteiger partial charge is 0.317 e. The number of hydrogen-bond donors (Lipinski definition) is 1. The first-order valence-electron chi connectivity index (χ1n) is 7.01. The van der Waals surface area contributed by atoms with Crippen LogP contribution >= 0.6 is 11.8 Å². The highest BCUT2D eigenvalue weighted by Gasteiger charge is 2.24. The van der Waals surface area contributed by atoms with Gasteiger partial charge in [-0.15, -0.1) is 0 Å². The first-order chi connectivity index (χ1) is 8.29. The van der Waals surface area contributed by atoms with Crippen LogP contribution in [0.1, 0.15) is 19.8 Å². The Morgan fingerprint density at radius 1 is 1.18 bits per heavy atom. The Hall–Kier alpha value is 0.230. The molecule has 1 N–H and O–H groups in total. The predicted molar refractivity (Wildman–Crippen MR) is 76.9 cm³/mol. The number of rotatable bonds is 4. The topological polar surface area (TPSA) is 18.5 Å². The second-order valence-electron chi connectivity index (χ2n) is 5.35. The highest BCUT2D eigenvalue weighted by Crippen LogP contribution is 2.17. The molecule has 0 bridgehead atoms. The number of hydrogen-bond acceptors (Lipinski definition) is 4. The number of likely N-dealkylation sites (tertiary alicyclic amines) is 1. The summed E-state index contributed by atoms with van der Waals surface area (Å²) >= 11 is 2.10. The molecule has 100 valence electrons. The molecular weight excluding hydrogens is 230 g/mol. The Kier molecular flexibility index (Phi) is 5.60. The Morgan fingerprint density at radius 2 is 1.94 bits per heavy atom. The van der Waals surface area contributed by atoms with Gasteiger partial charge in [0.1, 0.15) is 0 Å². The molecular formula is C13H27N3S. The lowest BCUT2D eigenvalue weighted by Crippen LogP contribution is -2.49. The second kappa shape index (κ2) is 6.98. The summed E-state index contributed by atoms with van der Waals surface area (Å²) in [7, 11) is 2.10. The molecule has 0 amide bonds. The maximum absolute atomic E-state index is 3.42. The van der Waals surface area contributed by atoms with Crippen LogP contribution in [-0.4, -0.2) is 73.2 Å². The van der Waals surface area contributed by atoms with Gasteiger partial charge in [0.05, 0.1) is 0 Å². The highest BCUT2D eigenvalue weighted by molar-refractivity contribution is 7.99. The van der Waals surface area contributed by atoms with Gasteiger partial charge in [0, 0.05) is 49.8 Å². The molecule has 2 heterocycles. The van der Waals surface area contributed by atoms with E-state index in [1.54, 1.807) is 0 Å². The zero-order valence-electron chi connectivity index (χ0n) is 11.3. The average Bonchev–Trinajstić information content (AvgIpc) is 2.38. The van der Waals surface area contributed by atoms with Crippen LogP contribution in [0.25, 0.3) is 0 Å². The fraction of sp³-hybridized carbons (Fsp3) is 1.00. The molecule has 0 spiro atoms. The number of nitrogens with one attached hydrogen (secondary N) is 1. The van der Waals surface area contributed by atoms with Crippen molar-refractivity contribution in [1.29, 1.82) is 0 Å². The van der Waals surface area contributed by atoms with Gasteiger partial charge in [0.25, 0.3) is 0 Å². The van der Waals surface area contributed by atoms with Gasteiger partial charge in [-0.2, -0.15) is 11.8 Å². The fourth-order valence-corrected chi connectivity index (χ4v) is 3.89. The molecule has 3 nitrogen and oxygen atoms in total. The summed E-state index contributed by atoms with van der Waals surface area (Å²) in [6.45, 7) is 8.79. The number of thioether (sulfide) groups is 1. The van der Waals surface area contributed by atoms with Crippen molar-refractivity contribution in [3.05, 3.63) is 0 Å². The van der Waals surface area contributed by atoms with E-state index >= 15 is 0 Å². The molecule has 4 heteroatoms. The Labute approximate surface area is 110 Å². The van der Waals surface area contributed by atoms with E-state index in [0.29, 0.717) is 0 Å². The molecule has 0 aromatic carbocycles. The minimum atomic E-state index is 0.743. The van der Waals surface area contributed by atoms with E-state index in [2.05, 4.69) is 40.8 Å². The summed E-state index contributed by atoms with van der Waals surface area (Å²) in [6, 6.07) is 1.49. The standard InChI is InChI=1S/C13H27N3S/c1-12-11-13(14-2)3-4-16(12)6-5-15-7-9-17-10-8-15/h12-14H,3-11H2,1-2H3. The van der Waals surface area contributed by atoms with Crippen molar-refractivity contribution in [2.24, 2.45) is 0 Å². The van der Waals surface area contributed by atoms with Crippen molar-refractivity contribution < 1.29 is 0 Å². The van der Waals surface area contributed by atoms with Gasteiger partial charge in [-0.1, -0.05) is 0 Å². The minimum Gasteiger partial charge on any atom is -0.317 e. The third kappa shape index (κ3) is 4.12. The number of nitrogens with zero attached hydrogens (tertiary/aromatic N) is 2. The van der Waals surface area contributed by atoms with Crippen LogP contribution in [0.3, 0.4) is 0 Å². The summed E-state index contributed by atoms with van der Waals surface area (Å²) in [5, 5.41) is 3.42. The number of piperidine rings is 1. The Balaban J connectivity index is 1.68. The molecule has 2 rings (SSSR count). The van der Waals surface area contributed by atoms with Gasteiger partial charge in [-0.05, 0) is 33.4 Å². The van der Waals surface area contributed by atoms with Gasteiger partial charge in [-0.25, -0.2) is 0 Å². The van der Waals surface area contributed by atoms with Gasteiger partial charge in [-0.3, -0.25) is 4.90 Å². The average molecular weight is 257 g/mol. The van der Waals surface area contributed by atoms with Crippen molar-refractivity contribution in [3.63, 3.8) is 0 Å². The molecule has 2 fully saturated rings. The van der Waals surface area contributed by atoms with Gasteiger partial charge in [0.15, 0.2) is 0 Å². The summed E-state index contributed by atoms with van der Waals surface area (Å²) in [5.41, 5.74) is 0. The smallest absolute Gasteiger partial charge is 0.0112 e. The molecule has 2 saturated heterocycles. The van der Waals surface area contributed by atoms with E-state index in [4.69, 9.17) is 0 Å². The summed E-state index contributed by atoms with van der Waals surface area (Å²) in [4.78, 5) is 5.31. The minimum absolute atomic E-state index is 0.743. The zero-order chi connectivity index (χ0) is 12.1. The fourth-order valence-electron chi connectivity index (χ4n) is 2.91. The van der Waals surface area contributed by atoms with Gasteiger partial charge in [0.2, 0.25) is 0 Å². The highest BCUT2D eigenvalue weighted by atomic mass is 32.2. The molecule has 0 aromatic rings. The lowest BCUT2D eigenvalue weighted by molar-refractivity contribution is 0.121. The second-order valence-corrected chi connectivity index (χ2v) is 6.57. The third-order valence-electron chi connectivity index (χ3n) is 4.23. The van der Waals surface area contributed by atoms with Crippen LogP contribution in [0.4, 0.5) is 0 Å². The predicted octanol–water partition coefficient (Wildman–Crippen LogP) is 1.11. The Morgan fingerprint density at radius 3 is 2.59 bits per heavy atom. The molecule has 2 aliphatic heterocycles. The van der Waals surface area contributed by atoms with Crippen molar-refractivity contribution >= 4 is 11.8 Å². The monoisotopic (exact) mass is 257 g/mol. The molecule has 2 aliphatic rings. The maximum atomic E-state index is 3.42. The molecule has 0 aliphatic carbocycles. The van der Waals surface area contributed by atoms with Crippen LogP contribution in [0.2, 0.25) is 0 Å². The van der Waals surface area contributed by atoms with Gasteiger partial charge < -0.3 is 10.2 Å². The van der Waals surface area contributed by atoms with E-state index < -0.39 is 0 Å². The van der Waals surface area contributed by atoms with Crippen molar-refractivity contribution in [2.75, 3.05) is 51.3 Å². The van der Waals surface area contributed by atoms with Gasteiger partial charge >= 0.3 is 0 Å². The summed E-state index contributed by atoms with van der Waals surface area (Å²) in [6.07, 6.45) is 2.63. The van der Waals surface area contributed by atoms with Crippen LogP contribution in [0.5, 0.6) is 0 Å². The Bertz CT molecular complexity index is 219. The lowest BCUT2D eigenvalue weighted by atomic mass is 9.98. The van der Waals surface area contributed by atoms with Crippen molar-refractivity contribution in [1.82, 2.24) is 15.1 Å². The van der Waals surface area contributed by atoms with Crippen LogP contribution < -0.4 is 5.32 Å². The molecule has 2 atom stereocenters. The molecule has 0 saturated carbocycles. The van der Waals surface area contributed by atoms with Crippen molar-refractivity contribution in [2.45, 2.75) is 31.8 Å². The van der Waals surface area contributed by atoms with Crippen LogP contribution in [-0.2, 0) is 0 Å². The zero-order valence-corrected chi connectivity index (χ0v) is 12.1. The lowest BCUT2D eigenvalue weighted by Gasteiger charge is -2.39. The van der Waals surface area contributed by atoms with Crippen LogP contribution in [0, 0.1) is 0 Å². The SMILES string of the molecule is CNC1CCN(CCN2CCSCC2)C(C)C1. The normalized spacial score (nSPS) is 32.8. The first-order valence-corrected chi connectivity index (χ1v) is 8.16. The van der Waals surface area contributed by atoms with E-state index in [1.807, 2.05) is 0 Å². The maximum Gasteiger partial charge on any atom is 0.0112 e. The van der Waals surface area contributed by atoms with E-state index in [-0.39, 0.29) is 0 Å². The third-order valence-corrected chi connectivity index (χ3v) is 5.17. The molecule has 0 aromatic heterocycles. The quantitative estimate of drug-likeness (QED) is 0.813.